The highest BCUT2D eigenvalue weighted by atomic mass is 16.5. The molecule has 0 aromatic heterocycles. The fourth-order valence-electron chi connectivity index (χ4n) is 6.66. The summed E-state index contributed by atoms with van der Waals surface area (Å²) in [4.78, 5) is 42.4. The molecule has 0 radical (unpaired) electrons. The van der Waals surface area contributed by atoms with Gasteiger partial charge in [-0.1, -0.05) is 12.1 Å². The first kappa shape index (κ1) is 24.9. The predicted molar refractivity (Wildman–Crippen MR) is 135 cm³/mol. The maximum absolute atomic E-state index is 13.4. The Balaban J connectivity index is 1.33. The molecule has 0 aliphatic carbocycles. The van der Waals surface area contributed by atoms with E-state index in [9.17, 15) is 24.6 Å². The Kier molecular flexibility index (Phi) is 5.25. The third kappa shape index (κ3) is 3.33. The van der Waals surface area contributed by atoms with Gasteiger partial charge in [-0.05, 0) is 31.9 Å². The van der Waals surface area contributed by atoms with Crippen LogP contribution in [-0.2, 0) is 11.2 Å². The molecule has 4 saturated heterocycles. The third-order valence-electron chi connectivity index (χ3n) is 8.31. The molecular formula is C24H33N9O5. The van der Waals surface area contributed by atoms with Crippen molar-refractivity contribution in [3.8, 4) is 0 Å². The summed E-state index contributed by atoms with van der Waals surface area (Å²) < 4.78 is 0. The first-order chi connectivity index (χ1) is 17.9. The van der Waals surface area contributed by atoms with Crippen LogP contribution in [0.5, 0.6) is 0 Å². The van der Waals surface area contributed by atoms with E-state index >= 15 is 0 Å². The van der Waals surface area contributed by atoms with Crippen molar-refractivity contribution < 1.29 is 24.6 Å². The second kappa shape index (κ2) is 8.02. The van der Waals surface area contributed by atoms with Crippen molar-refractivity contribution in [2.45, 2.75) is 55.5 Å². The van der Waals surface area contributed by atoms with Crippen molar-refractivity contribution in [3.63, 3.8) is 0 Å². The molecule has 6 rings (SSSR count). The molecule has 4 amide bonds. The summed E-state index contributed by atoms with van der Waals surface area (Å²) in [6.45, 7) is 4.17. The van der Waals surface area contributed by atoms with Gasteiger partial charge in [0.25, 0.3) is 5.91 Å². The van der Waals surface area contributed by atoms with Gasteiger partial charge in [-0.25, -0.2) is 4.79 Å². The number of anilines is 1. The number of guanidine groups is 1. The number of nitrogens with one attached hydrogen (secondary N) is 6. The van der Waals surface area contributed by atoms with Crippen LogP contribution in [0.15, 0.2) is 18.2 Å². The minimum Gasteiger partial charge on any atom is -0.384 e. The fraction of sp³-hybridized carbons (Fsp3) is 0.583. The van der Waals surface area contributed by atoms with Crippen LogP contribution >= 0.6 is 0 Å². The van der Waals surface area contributed by atoms with E-state index in [1.54, 1.807) is 12.1 Å². The molecule has 0 bridgehead atoms. The van der Waals surface area contributed by atoms with Gasteiger partial charge in [-0.15, -0.1) is 0 Å². The van der Waals surface area contributed by atoms with Crippen molar-refractivity contribution in [1.29, 1.82) is 5.41 Å². The van der Waals surface area contributed by atoms with Crippen LogP contribution in [-0.4, -0.2) is 117 Å². The van der Waals surface area contributed by atoms with Gasteiger partial charge in [0.15, 0.2) is 11.6 Å². The lowest BCUT2D eigenvalue weighted by Gasteiger charge is -2.52. The Bertz CT molecular complexity index is 1250. The van der Waals surface area contributed by atoms with Crippen LogP contribution in [0.4, 0.5) is 10.5 Å². The number of nitrogens with zero attached hydrogens (tertiary/aromatic N) is 3. The Morgan fingerprint density at radius 1 is 1.26 bits per heavy atom. The van der Waals surface area contributed by atoms with Gasteiger partial charge in [0.1, 0.15) is 12.6 Å². The number of imide groups is 1. The normalized spacial score (nSPS) is 32.6. The molecule has 5 aliphatic heterocycles. The number of benzene rings is 1. The smallest absolute Gasteiger partial charge is 0.327 e. The lowest BCUT2D eigenvalue weighted by atomic mass is 9.84. The van der Waals surface area contributed by atoms with Crippen molar-refractivity contribution in [3.05, 3.63) is 29.3 Å². The highest BCUT2D eigenvalue weighted by molar-refractivity contribution is 6.02. The van der Waals surface area contributed by atoms with Gasteiger partial charge in [0, 0.05) is 20.1 Å². The van der Waals surface area contributed by atoms with E-state index in [0.717, 1.165) is 29.1 Å². The summed E-state index contributed by atoms with van der Waals surface area (Å²) in [5.41, 5.74) is -0.291. The molecule has 1 aromatic rings. The van der Waals surface area contributed by atoms with E-state index in [0.29, 0.717) is 5.56 Å². The number of likely N-dealkylation sites (N-methyl/N-ethyl adjacent to an activating group) is 1. The number of urea groups is 1. The summed E-state index contributed by atoms with van der Waals surface area (Å²) in [5.74, 6) is -3.48. The quantitative estimate of drug-likeness (QED) is 0.154. The topological polar surface area (TPSA) is 185 Å². The minimum atomic E-state index is -2.54. The van der Waals surface area contributed by atoms with Crippen molar-refractivity contribution in [2.24, 2.45) is 0 Å². The molecule has 14 nitrogen and oxygen atoms in total. The van der Waals surface area contributed by atoms with E-state index in [4.69, 9.17) is 5.41 Å². The molecule has 0 saturated carbocycles. The van der Waals surface area contributed by atoms with Crippen LogP contribution in [0.1, 0.15) is 29.8 Å². The number of hydrogen-bond acceptors (Lipinski definition) is 9. The zero-order chi connectivity index (χ0) is 27.2. The van der Waals surface area contributed by atoms with Crippen LogP contribution < -0.4 is 26.6 Å². The second-order valence-electron chi connectivity index (χ2n) is 11.3. The molecule has 8 N–H and O–H groups in total. The monoisotopic (exact) mass is 527 g/mol. The van der Waals surface area contributed by atoms with Crippen LogP contribution in [0.25, 0.3) is 0 Å². The molecule has 4 unspecified atom stereocenters. The van der Waals surface area contributed by atoms with Crippen molar-refractivity contribution in [1.82, 2.24) is 36.0 Å². The maximum Gasteiger partial charge on any atom is 0.327 e. The second-order valence-corrected chi connectivity index (χ2v) is 11.3. The molecule has 4 atom stereocenters. The number of carbonyl (C=O) groups excluding carboxylic acids is 3. The highest BCUT2D eigenvalue weighted by Gasteiger charge is 2.75. The average Bonchev–Trinajstić information content (AvgIpc) is 3.55. The number of amides is 4. The summed E-state index contributed by atoms with van der Waals surface area (Å²) in [5, 5.41) is 48.0. The first-order valence-electron chi connectivity index (χ1n) is 12.7. The largest absolute Gasteiger partial charge is 0.384 e. The lowest BCUT2D eigenvalue weighted by Crippen LogP contribution is -2.81. The van der Waals surface area contributed by atoms with Gasteiger partial charge < -0.3 is 36.0 Å². The molecule has 38 heavy (non-hydrogen) atoms. The Morgan fingerprint density at radius 3 is 2.74 bits per heavy atom. The summed E-state index contributed by atoms with van der Waals surface area (Å²) in [6.07, 6.45) is 0.801. The van der Waals surface area contributed by atoms with E-state index < -0.39 is 47.2 Å². The molecule has 4 fully saturated rings. The Hall–Kier alpha value is -3.46. The average molecular weight is 528 g/mol. The molecule has 1 aromatic carbocycles. The van der Waals surface area contributed by atoms with Gasteiger partial charge in [-0.3, -0.25) is 30.5 Å². The van der Waals surface area contributed by atoms with Gasteiger partial charge in [0.05, 0.1) is 35.5 Å². The molecule has 5 aliphatic rings. The third-order valence-corrected chi connectivity index (χ3v) is 8.31. The van der Waals surface area contributed by atoms with E-state index in [1.807, 2.05) is 19.9 Å². The standard InChI is InChI=1S/C24H33N9O5/c1-22(2)29-18-14(9-32-16(34)11-31(3)21(32)36)27-20(25)33-10-15(24(37,38)23(18,33)30-22)28-19(35)13-6-4-5-12-7-8-26-17(12)13/h4-6,14-15,18,26,29-30,37-38H,7-11H2,1-3H3,(H2,25,27)(H,28,35). The number of aliphatic hydroxyl groups is 2. The number of fused-ring (bicyclic) bond motifs is 1. The molecule has 1 spiro atoms. The summed E-state index contributed by atoms with van der Waals surface area (Å²) in [6, 6.07) is 2.33. The number of rotatable bonds is 4. The fourth-order valence-corrected chi connectivity index (χ4v) is 6.66. The number of carbonyl (C=O) groups is 3. The molecule has 14 heteroatoms. The minimum absolute atomic E-state index is 0.0435. The number of hydrogen-bond donors (Lipinski definition) is 8. The van der Waals surface area contributed by atoms with E-state index in [1.165, 1.54) is 16.8 Å². The van der Waals surface area contributed by atoms with Crippen molar-refractivity contribution >= 4 is 29.5 Å². The predicted octanol–water partition coefficient (Wildman–Crippen LogP) is -2.46. The first-order valence-corrected chi connectivity index (χ1v) is 12.7. The van der Waals surface area contributed by atoms with Crippen LogP contribution in [0, 0.1) is 5.41 Å². The summed E-state index contributed by atoms with van der Waals surface area (Å²) >= 11 is 0. The van der Waals surface area contributed by atoms with Gasteiger partial charge >= 0.3 is 6.03 Å². The molecular weight excluding hydrogens is 494 g/mol. The van der Waals surface area contributed by atoms with Gasteiger partial charge in [-0.2, -0.15) is 0 Å². The maximum atomic E-state index is 13.4. The summed E-state index contributed by atoms with van der Waals surface area (Å²) in [7, 11) is 1.53. The highest BCUT2D eigenvalue weighted by Crippen LogP contribution is 2.45. The van der Waals surface area contributed by atoms with Gasteiger partial charge in [0.2, 0.25) is 11.7 Å². The van der Waals surface area contributed by atoms with Crippen LogP contribution in [0.3, 0.4) is 0 Å². The lowest BCUT2D eigenvalue weighted by molar-refractivity contribution is -0.235. The Labute approximate surface area is 219 Å². The van der Waals surface area contributed by atoms with Crippen molar-refractivity contribution in [2.75, 3.05) is 38.5 Å². The zero-order valence-electron chi connectivity index (χ0n) is 21.5. The molecule has 5 heterocycles. The molecule has 204 valence electrons. The van der Waals surface area contributed by atoms with E-state index in [-0.39, 0.29) is 31.5 Å². The zero-order valence-corrected chi connectivity index (χ0v) is 21.5. The SMILES string of the molecule is CN1CC(=O)N(CC2NC(=N)N3CC(NC(=O)c4cccc5c4NCC5)C(O)(O)C34NC(C)(C)NC24)C1=O. The van der Waals surface area contributed by atoms with E-state index in [2.05, 4.69) is 26.6 Å². The number of para-hydroxylation sites is 1. The Morgan fingerprint density at radius 2 is 2.03 bits per heavy atom. The van der Waals surface area contributed by atoms with Crippen LogP contribution in [0.2, 0.25) is 0 Å².